The lowest BCUT2D eigenvalue weighted by Crippen LogP contribution is -2.13. The molecule has 0 saturated carbocycles. The maximum Gasteiger partial charge on any atom is 0.189 e. The first-order valence-corrected chi connectivity index (χ1v) is 60.3. The third-order valence-electron chi connectivity index (χ3n) is 28.8. The summed E-state index contributed by atoms with van der Waals surface area (Å²) in [6.45, 7) is 25.7. The summed E-state index contributed by atoms with van der Waals surface area (Å²) in [5.41, 5.74) is 10.5. The van der Waals surface area contributed by atoms with Crippen LogP contribution in [0.15, 0.2) is 48.5 Å². The number of nitrogens with zero attached hydrogens (tertiary/aromatic N) is 6. The molecule has 7 aromatic rings. The van der Waals surface area contributed by atoms with Crippen molar-refractivity contribution >= 4 is 44.1 Å². The number of hydrogen-bond donors (Lipinski definition) is 2. The molecule has 24 heteroatoms. The average Bonchev–Trinajstić information content (AvgIpc) is 1.58. The second-order valence-corrected chi connectivity index (χ2v) is 40.9. The summed E-state index contributed by atoms with van der Waals surface area (Å²) >= 11 is 0. The number of fused-ring (bicyclic) bond motifs is 20. The van der Waals surface area contributed by atoms with E-state index in [0.29, 0.717) is 223 Å². The molecule has 0 fully saturated rings. The van der Waals surface area contributed by atoms with Crippen LogP contribution in [-0.2, 0) is 82.5 Å². The highest BCUT2D eigenvalue weighted by atomic mass is 16.7. The first-order chi connectivity index (χ1) is 73.3. The van der Waals surface area contributed by atoms with Crippen LogP contribution in [0.25, 0.3) is 89.7 Å². The number of rotatable bonds is 100. The van der Waals surface area contributed by atoms with Gasteiger partial charge in [-0.15, -0.1) is 0 Å². The van der Waals surface area contributed by atoms with Crippen molar-refractivity contribution < 1.29 is 75.8 Å². The van der Waals surface area contributed by atoms with Crippen molar-refractivity contribution in [2.24, 2.45) is 0 Å². The molecule has 8 bridgehead atoms. The lowest BCUT2D eigenvalue weighted by atomic mass is 9.94. The summed E-state index contributed by atoms with van der Waals surface area (Å²) in [7, 11) is 0. The smallest absolute Gasteiger partial charge is 0.189 e. The molecule has 0 unspecified atom stereocenters. The van der Waals surface area contributed by atoms with Crippen molar-refractivity contribution in [3.8, 4) is 68.5 Å². The first kappa shape index (κ1) is 124. The van der Waals surface area contributed by atoms with E-state index >= 15 is 0 Å². The minimum atomic E-state index is -0.101. The summed E-state index contributed by atoms with van der Waals surface area (Å²) < 4.78 is 97.3. The molecule has 9 rings (SSSR count). The number of aromatic amines is 2. The van der Waals surface area contributed by atoms with E-state index in [9.17, 15) is 0 Å². The minimum Gasteiger partial charge on any atom is -0.464 e. The van der Waals surface area contributed by atoms with E-state index in [-0.39, 0.29) is 27.2 Å². The van der Waals surface area contributed by atoms with Crippen molar-refractivity contribution in [1.29, 1.82) is 0 Å². The second kappa shape index (κ2) is 82.5. The van der Waals surface area contributed by atoms with Crippen LogP contribution >= 0.6 is 0 Å². The molecule has 0 atom stereocenters. The fraction of sp³-hybridized carbons (Fsp3) is 0.742. The number of nitrogens with one attached hydrogen (secondary N) is 2. The Morgan fingerprint density at radius 3 is 0.493 bits per heavy atom. The molecular weight excluding hydrogens is 1860 g/mol. The first-order valence-electron chi connectivity index (χ1n) is 60.3. The van der Waals surface area contributed by atoms with Gasteiger partial charge in [0.1, 0.15) is 22.6 Å². The van der Waals surface area contributed by atoms with Gasteiger partial charge in [-0.1, -0.05) is 362 Å². The van der Waals surface area contributed by atoms with Gasteiger partial charge >= 0.3 is 0 Å². The summed E-state index contributed by atoms with van der Waals surface area (Å²) in [6, 6.07) is 17.5. The third kappa shape index (κ3) is 50.5. The summed E-state index contributed by atoms with van der Waals surface area (Å²) in [4.78, 5) is 42.3. The van der Waals surface area contributed by atoms with Gasteiger partial charge in [0.2, 0.25) is 0 Å². The van der Waals surface area contributed by atoms with E-state index in [0.717, 1.165) is 72.9 Å². The number of benzene rings is 4. The molecule has 0 saturated heterocycles. The van der Waals surface area contributed by atoms with E-state index < -0.39 is 0 Å². The number of hydrogen-bond acceptors (Lipinski definition) is 22. The monoisotopic (exact) mass is 2060 g/mol. The summed E-state index contributed by atoms with van der Waals surface area (Å²) in [5, 5.41) is 3.69. The van der Waals surface area contributed by atoms with Crippen LogP contribution in [-0.4, -0.2) is 199 Å². The highest BCUT2D eigenvalue weighted by Crippen LogP contribution is 2.46. The summed E-state index contributed by atoms with van der Waals surface area (Å²) in [5.74, 6) is 3.34. The van der Waals surface area contributed by atoms with Gasteiger partial charge in [-0.3, -0.25) is 0 Å². The molecule has 834 valence electrons. The van der Waals surface area contributed by atoms with Crippen molar-refractivity contribution in [2.75, 3.05) is 159 Å². The van der Waals surface area contributed by atoms with Gasteiger partial charge in [0.05, 0.1) is 106 Å². The molecule has 5 heterocycles. The Morgan fingerprint density at radius 2 is 0.324 bits per heavy atom. The quantitative estimate of drug-likeness (QED) is 0.0265. The zero-order valence-electron chi connectivity index (χ0n) is 94.2. The second-order valence-electron chi connectivity index (χ2n) is 40.9. The Bertz CT molecular complexity index is 4150. The van der Waals surface area contributed by atoms with Crippen molar-refractivity contribution in [3.05, 3.63) is 70.8 Å². The molecule has 2 N–H and O–H groups in total. The van der Waals surface area contributed by atoms with E-state index in [1.54, 1.807) is 0 Å². The molecule has 4 aromatic carbocycles. The van der Waals surface area contributed by atoms with Crippen molar-refractivity contribution in [2.45, 2.75) is 441 Å². The maximum atomic E-state index is 6.71. The lowest BCUT2D eigenvalue weighted by Gasteiger charge is -2.15. The van der Waals surface area contributed by atoms with Crippen LogP contribution < -0.4 is 18.9 Å². The van der Waals surface area contributed by atoms with Crippen LogP contribution in [0, 0.1) is 0 Å². The van der Waals surface area contributed by atoms with Gasteiger partial charge in [-0.25, -0.2) is 29.9 Å². The average molecular weight is 2060 g/mol. The van der Waals surface area contributed by atoms with E-state index in [2.05, 4.69) is 61.9 Å². The van der Waals surface area contributed by atoms with Gasteiger partial charge in [0.15, 0.2) is 73.5 Å². The number of aryl methyl sites for hydroxylation is 4. The molecular formula is C124H202N8O16. The Hall–Kier alpha value is -7.04. The molecule has 0 radical (unpaired) electrons. The zero-order chi connectivity index (χ0) is 104. The highest BCUT2D eigenvalue weighted by molar-refractivity contribution is 6.07. The van der Waals surface area contributed by atoms with Gasteiger partial charge < -0.3 is 85.8 Å². The minimum absolute atomic E-state index is 0.101. The predicted molar refractivity (Wildman–Crippen MR) is 607 cm³/mol. The molecule has 2 aliphatic rings. The van der Waals surface area contributed by atoms with Crippen LogP contribution in [0.2, 0.25) is 0 Å². The Morgan fingerprint density at radius 1 is 0.169 bits per heavy atom. The number of unbranched alkanes of at least 4 members (excludes halogenated alkanes) is 52. The summed E-state index contributed by atoms with van der Waals surface area (Å²) in [6.07, 6.45) is 76.6. The lowest BCUT2D eigenvalue weighted by molar-refractivity contribution is -0.0348. The molecule has 2 aliphatic heterocycles. The molecule has 0 amide bonds. The number of H-pyrrole nitrogens is 2. The highest BCUT2D eigenvalue weighted by Gasteiger charge is 2.29. The van der Waals surface area contributed by atoms with Gasteiger partial charge in [-0.2, -0.15) is 0 Å². The fourth-order valence-corrected chi connectivity index (χ4v) is 20.1. The van der Waals surface area contributed by atoms with Crippen molar-refractivity contribution in [3.63, 3.8) is 0 Å². The van der Waals surface area contributed by atoms with E-state index in [4.69, 9.17) is 106 Å². The fourth-order valence-electron chi connectivity index (χ4n) is 20.1. The Kier molecular flexibility index (Phi) is 69.4. The normalized spacial score (nSPS) is 11.9. The van der Waals surface area contributed by atoms with Crippen molar-refractivity contribution in [1.82, 2.24) is 39.9 Å². The Balaban J connectivity index is 1.22. The Labute approximate surface area is 893 Å². The maximum absolute atomic E-state index is 6.71. The van der Waals surface area contributed by atoms with Crippen LogP contribution in [0.1, 0.15) is 437 Å². The number of aromatic nitrogens is 8. The predicted octanol–water partition coefficient (Wildman–Crippen LogP) is 32.6. The largest absolute Gasteiger partial charge is 0.464 e. The molecule has 0 aliphatic carbocycles. The van der Waals surface area contributed by atoms with Gasteiger partial charge in [0.25, 0.3) is 0 Å². The van der Waals surface area contributed by atoms with Gasteiger partial charge in [-0.05, 0) is 150 Å². The van der Waals surface area contributed by atoms with Gasteiger partial charge in [0, 0.05) is 70.2 Å². The van der Waals surface area contributed by atoms with Crippen LogP contribution in [0.4, 0.5) is 0 Å². The SMILES string of the molecule is CCCCCCCCCCCCCCCCc1cc2c3nc4nc(nc5[nH]c(nc6nc(nc([nH]3)c2cc1CCCCCCCCCCCCCCCC)-c1cc(OCOCCOCCOCC)c(OCOCCOCCOCC)cc1-6)c1cc(CCCCCCCCCCCCCCCC)c(CCCCCCCCCCCCCCCC)cc51)-c1cc(OCOCCOCCOCC)c(OCOCCOCCOCC)cc1-4. The van der Waals surface area contributed by atoms with E-state index in [1.807, 2.05) is 52.0 Å². The van der Waals surface area contributed by atoms with Crippen LogP contribution in [0.3, 0.4) is 0 Å². The topological polar surface area (TPSA) is 257 Å². The zero-order valence-corrected chi connectivity index (χ0v) is 94.2. The van der Waals surface area contributed by atoms with Crippen LogP contribution in [0.5, 0.6) is 23.0 Å². The third-order valence-corrected chi connectivity index (χ3v) is 28.8. The molecule has 24 nitrogen and oxygen atoms in total. The number of ether oxygens (including phenoxy) is 16. The molecule has 0 spiro atoms. The standard InChI is InChI=1S/C124H202N8O16/c1-9-17-21-25-29-33-37-41-45-49-53-57-61-65-69-101-89-105-106(90-102(101)70-66-62-58-54-50-46-42-38-34-30-26-22-18-10-2)118-125-117(105)127-121-109-93-113(145-97-141-85-81-137-77-73-133-13-5)114(146-98-142-86-82-138-78-74-134-14-6)94-110(109)123(131-121)129-119-107-91-103(71-67-63-59-55-51-47-43-39-35-31-27-23-19-11-3)104(72-68-64-60-56-52-48-44-40-36-32-28-24-20-12-4)92-108(107)120(126-119)130-124-112-96-116(148-100-144-88-84-140-80-76-136-16-8)115(95-111(112)122(128-118)132-124)147-99-143-87-83-139-79-75-135-15-7/h89-96H,9-88,97-100H2,1-8H3,(H2,125,126,127,128,129,130,131,132). The molecule has 3 aromatic heterocycles. The van der Waals surface area contributed by atoms with E-state index in [1.165, 1.54) is 356 Å². The molecule has 148 heavy (non-hydrogen) atoms.